The van der Waals surface area contributed by atoms with E-state index in [-0.39, 0.29) is 28.8 Å². The Morgan fingerprint density at radius 2 is 2.35 bits per heavy atom. The number of amides is 1. The standard InChI is InChI=1S/C11H13ClN6O2/c1-18-5-15-8(17-18)4-14-10(19)9-6(13)3-7(12)16-11(9)20-2/h3,5H,4H2,1-2H3,(H2,13,16)(H,14,19). The molecule has 2 aromatic rings. The van der Waals surface area contributed by atoms with Gasteiger partial charge in [-0.05, 0) is 6.07 Å². The first kappa shape index (κ1) is 14.1. The molecule has 1 amide bonds. The van der Waals surface area contributed by atoms with Crippen molar-refractivity contribution in [3.05, 3.63) is 28.9 Å². The van der Waals surface area contributed by atoms with Crippen LogP contribution in [0.1, 0.15) is 16.2 Å². The number of aromatic nitrogens is 4. The third-order valence-corrected chi connectivity index (χ3v) is 2.65. The second-order valence-electron chi connectivity index (χ2n) is 3.94. The molecular weight excluding hydrogens is 284 g/mol. The summed E-state index contributed by atoms with van der Waals surface area (Å²) >= 11 is 5.76. The van der Waals surface area contributed by atoms with Crippen molar-refractivity contribution < 1.29 is 9.53 Å². The number of nitrogens with zero attached hydrogens (tertiary/aromatic N) is 4. The molecule has 0 aliphatic rings. The molecule has 106 valence electrons. The van der Waals surface area contributed by atoms with Gasteiger partial charge in [-0.15, -0.1) is 0 Å². The fourth-order valence-electron chi connectivity index (χ4n) is 1.60. The Labute approximate surface area is 119 Å². The lowest BCUT2D eigenvalue weighted by Crippen LogP contribution is -2.25. The molecule has 0 spiro atoms. The Morgan fingerprint density at radius 3 is 2.95 bits per heavy atom. The second-order valence-corrected chi connectivity index (χ2v) is 4.32. The molecular formula is C11H13ClN6O2. The van der Waals surface area contributed by atoms with E-state index in [1.54, 1.807) is 18.1 Å². The number of pyridine rings is 1. The number of hydrogen-bond donors (Lipinski definition) is 2. The highest BCUT2D eigenvalue weighted by molar-refractivity contribution is 6.30. The monoisotopic (exact) mass is 296 g/mol. The minimum atomic E-state index is -0.434. The minimum absolute atomic E-state index is 0.0708. The van der Waals surface area contributed by atoms with Gasteiger partial charge in [0.15, 0.2) is 5.82 Å². The molecule has 0 unspecified atom stereocenters. The van der Waals surface area contributed by atoms with Gasteiger partial charge in [0.1, 0.15) is 17.0 Å². The van der Waals surface area contributed by atoms with Crippen molar-refractivity contribution in [2.75, 3.05) is 12.8 Å². The van der Waals surface area contributed by atoms with Crippen molar-refractivity contribution >= 4 is 23.2 Å². The Kier molecular flexibility index (Phi) is 4.04. The smallest absolute Gasteiger partial charge is 0.259 e. The van der Waals surface area contributed by atoms with Crippen LogP contribution in [-0.2, 0) is 13.6 Å². The summed E-state index contributed by atoms with van der Waals surface area (Å²) in [4.78, 5) is 20.0. The lowest BCUT2D eigenvalue weighted by atomic mass is 10.2. The molecule has 9 heteroatoms. The highest BCUT2D eigenvalue weighted by atomic mass is 35.5. The van der Waals surface area contributed by atoms with Gasteiger partial charge in [0.25, 0.3) is 5.91 Å². The summed E-state index contributed by atoms with van der Waals surface area (Å²) in [5, 5.41) is 6.85. The van der Waals surface area contributed by atoms with E-state index in [2.05, 4.69) is 20.4 Å². The lowest BCUT2D eigenvalue weighted by molar-refractivity contribution is 0.0947. The molecule has 20 heavy (non-hydrogen) atoms. The molecule has 0 saturated carbocycles. The number of aryl methyl sites for hydroxylation is 1. The fraction of sp³-hybridized carbons (Fsp3) is 0.273. The van der Waals surface area contributed by atoms with E-state index in [0.29, 0.717) is 5.82 Å². The molecule has 0 fully saturated rings. The van der Waals surface area contributed by atoms with Crippen LogP contribution in [0, 0.1) is 0 Å². The van der Waals surface area contributed by atoms with Crippen LogP contribution < -0.4 is 15.8 Å². The quantitative estimate of drug-likeness (QED) is 0.790. The largest absolute Gasteiger partial charge is 0.480 e. The predicted octanol–water partition coefficient (Wildman–Crippen LogP) is 0.384. The summed E-state index contributed by atoms with van der Waals surface area (Å²) in [6.07, 6.45) is 1.54. The number of anilines is 1. The van der Waals surface area contributed by atoms with Crippen molar-refractivity contribution in [1.29, 1.82) is 0 Å². The predicted molar refractivity (Wildman–Crippen MR) is 72.4 cm³/mol. The highest BCUT2D eigenvalue weighted by Gasteiger charge is 2.18. The number of carbonyl (C=O) groups excluding carboxylic acids is 1. The van der Waals surface area contributed by atoms with E-state index >= 15 is 0 Å². The average molecular weight is 297 g/mol. The summed E-state index contributed by atoms with van der Waals surface area (Å²) in [6, 6.07) is 1.39. The zero-order chi connectivity index (χ0) is 14.7. The fourth-order valence-corrected chi connectivity index (χ4v) is 1.79. The summed E-state index contributed by atoms with van der Waals surface area (Å²) in [6.45, 7) is 0.172. The normalized spacial score (nSPS) is 10.3. The zero-order valence-electron chi connectivity index (χ0n) is 10.9. The van der Waals surface area contributed by atoms with Gasteiger partial charge in [0, 0.05) is 7.05 Å². The Balaban J connectivity index is 2.16. The summed E-state index contributed by atoms with van der Waals surface area (Å²) in [7, 11) is 3.12. The molecule has 0 aliphatic heterocycles. The molecule has 0 atom stereocenters. The van der Waals surface area contributed by atoms with Gasteiger partial charge >= 0.3 is 0 Å². The average Bonchev–Trinajstić information content (AvgIpc) is 2.80. The van der Waals surface area contributed by atoms with Gasteiger partial charge in [-0.1, -0.05) is 11.6 Å². The van der Waals surface area contributed by atoms with Gasteiger partial charge in [-0.25, -0.2) is 9.97 Å². The van der Waals surface area contributed by atoms with Crippen molar-refractivity contribution in [3.8, 4) is 5.88 Å². The number of methoxy groups -OCH3 is 1. The van der Waals surface area contributed by atoms with Gasteiger partial charge in [-0.2, -0.15) is 5.10 Å². The SMILES string of the molecule is COc1nc(Cl)cc(N)c1C(=O)NCc1ncn(C)n1. The molecule has 0 aliphatic carbocycles. The summed E-state index contributed by atoms with van der Waals surface area (Å²) < 4.78 is 6.55. The molecule has 0 saturated heterocycles. The molecule has 8 nitrogen and oxygen atoms in total. The van der Waals surface area contributed by atoms with Gasteiger partial charge in [0.05, 0.1) is 19.3 Å². The second kappa shape index (κ2) is 5.74. The Morgan fingerprint density at radius 1 is 1.60 bits per heavy atom. The maximum Gasteiger partial charge on any atom is 0.259 e. The van der Waals surface area contributed by atoms with Crippen LogP contribution in [0.2, 0.25) is 5.15 Å². The van der Waals surface area contributed by atoms with E-state index in [1.807, 2.05) is 0 Å². The summed E-state index contributed by atoms with van der Waals surface area (Å²) in [5.41, 5.74) is 6.09. The van der Waals surface area contributed by atoms with Crippen molar-refractivity contribution in [2.45, 2.75) is 6.54 Å². The van der Waals surface area contributed by atoms with Crippen LogP contribution in [0.15, 0.2) is 12.4 Å². The van der Waals surface area contributed by atoms with E-state index in [4.69, 9.17) is 22.1 Å². The Bertz CT molecular complexity index is 642. The molecule has 2 rings (SSSR count). The van der Waals surface area contributed by atoms with Crippen LogP contribution in [0.25, 0.3) is 0 Å². The Hall–Kier alpha value is -2.35. The van der Waals surface area contributed by atoms with Gasteiger partial charge in [-0.3, -0.25) is 9.48 Å². The van der Waals surface area contributed by atoms with Crippen molar-refractivity contribution in [2.24, 2.45) is 7.05 Å². The van der Waals surface area contributed by atoms with E-state index in [1.165, 1.54) is 13.2 Å². The first-order chi connectivity index (χ1) is 9.51. The molecule has 0 bridgehead atoms. The van der Waals surface area contributed by atoms with Gasteiger partial charge in [0.2, 0.25) is 5.88 Å². The number of ether oxygens (including phenoxy) is 1. The summed E-state index contributed by atoms with van der Waals surface area (Å²) in [5.74, 6) is 0.123. The van der Waals surface area contributed by atoms with Gasteiger partial charge < -0.3 is 15.8 Å². The van der Waals surface area contributed by atoms with Crippen LogP contribution in [0.5, 0.6) is 5.88 Å². The number of rotatable bonds is 4. The maximum absolute atomic E-state index is 12.1. The molecule has 3 N–H and O–H groups in total. The van der Waals surface area contributed by atoms with Crippen molar-refractivity contribution in [1.82, 2.24) is 25.1 Å². The molecule has 0 aromatic carbocycles. The number of halogens is 1. The maximum atomic E-state index is 12.1. The first-order valence-electron chi connectivity index (χ1n) is 5.64. The van der Waals surface area contributed by atoms with Crippen molar-refractivity contribution in [3.63, 3.8) is 0 Å². The third-order valence-electron chi connectivity index (χ3n) is 2.46. The highest BCUT2D eigenvalue weighted by Crippen LogP contribution is 2.25. The first-order valence-corrected chi connectivity index (χ1v) is 6.01. The number of nitrogens with one attached hydrogen (secondary N) is 1. The number of nitrogen functional groups attached to an aromatic ring is 1. The number of carbonyl (C=O) groups is 1. The number of hydrogen-bond acceptors (Lipinski definition) is 6. The molecule has 2 aromatic heterocycles. The number of nitrogens with two attached hydrogens (primary N) is 1. The van der Waals surface area contributed by atoms with Crippen LogP contribution in [-0.4, -0.2) is 32.8 Å². The molecule has 2 heterocycles. The van der Waals surface area contributed by atoms with E-state index in [9.17, 15) is 4.79 Å². The van der Waals surface area contributed by atoms with Crippen LogP contribution >= 0.6 is 11.6 Å². The topological polar surface area (TPSA) is 108 Å². The van der Waals surface area contributed by atoms with Crippen LogP contribution in [0.4, 0.5) is 5.69 Å². The van der Waals surface area contributed by atoms with E-state index < -0.39 is 5.91 Å². The lowest BCUT2D eigenvalue weighted by Gasteiger charge is -2.10. The zero-order valence-corrected chi connectivity index (χ0v) is 11.7. The van der Waals surface area contributed by atoms with Crippen LogP contribution in [0.3, 0.4) is 0 Å². The third kappa shape index (κ3) is 2.97. The minimum Gasteiger partial charge on any atom is -0.480 e. The van der Waals surface area contributed by atoms with E-state index in [0.717, 1.165) is 0 Å². The molecule has 0 radical (unpaired) electrons.